The van der Waals surface area contributed by atoms with Crippen LogP contribution in [0.25, 0.3) is 0 Å². The Hall–Kier alpha value is -4.11. The molecule has 0 aliphatic carbocycles. The van der Waals surface area contributed by atoms with Gasteiger partial charge in [0, 0.05) is 12.8 Å². The maximum Gasteiger partial charge on any atom is 0.472 e. The van der Waals surface area contributed by atoms with Crippen molar-refractivity contribution in [2.45, 2.75) is 200 Å². The van der Waals surface area contributed by atoms with Crippen molar-refractivity contribution in [2.24, 2.45) is 0 Å². The third kappa shape index (κ3) is 57.2. The summed E-state index contributed by atoms with van der Waals surface area (Å²) >= 11 is 0. The highest BCUT2D eigenvalue weighted by Crippen LogP contribution is 2.43. The first kappa shape index (κ1) is 69.9. The summed E-state index contributed by atoms with van der Waals surface area (Å²) in [7, 11) is 1.44. The Bertz CT molecular complexity index is 1760. The van der Waals surface area contributed by atoms with Gasteiger partial charge in [-0.05, 0) is 116 Å². The van der Waals surface area contributed by atoms with Crippen molar-refractivity contribution in [3.8, 4) is 0 Å². The molecule has 0 amide bonds. The fraction of sp³-hybridized carbons (Fsp3) is 0.594. The number of likely N-dealkylation sites (N-methyl/N-ethyl adjacent to an activating group) is 1. The minimum Gasteiger partial charge on any atom is -0.462 e. The Kier molecular flexibility index (Phi) is 50.7. The number of carbonyl (C=O) groups excluding carboxylic acids is 2. The third-order valence-electron chi connectivity index (χ3n) is 11.4. The van der Waals surface area contributed by atoms with Gasteiger partial charge >= 0.3 is 19.8 Å². The average Bonchev–Trinajstić information content (AvgIpc) is 3.36. The van der Waals surface area contributed by atoms with Crippen molar-refractivity contribution in [1.82, 2.24) is 0 Å². The zero-order valence-electron chi connectivity index (χ0n) is 47.3. The fourth-order valence-electron chi connectivity index (χ4n) is 6.94. The molecule has 418 valence electrons. The molecule has 2 atom stereocenters. The van der Waals surface area contributed by atoms with E-state index in [1.807, 2.05) is 21.1 Å². The zero-order chi connectivity index (χ0) is 54.2. The normalized spacial score (nSPS) is 14.4. The fourth-order valence-corrected chi connectivity index (χ4v) is 7.68. The maximum atomic E-state index is 12.8. The van der Waals surface area contributed by atoms with Crippen LogP contribution in [0.1, 0.15) is 194 Å². The second-order valence-corrected chi connectivity index (χ2v) is 21.0. The van der Waals surface area contributed by atoms with Gasteiger partial charge in [0.25, 0.3) is 0 Å². The van der Waals surface area contributed by atoms with Crippen molar-refractivity contribution in [3.63, 3.8) is 0 Å². The predicted octanol–water partition coefficient (Wildman–Crippen LogP) is 17.9. The standard InChI is InChI=1S/C64H104NO8P/c1-6-8-10-12-14-16-18-19-20-21-22-23-24-25-26-27-28-29-30-31-32-33-34-35-36-37-38-39-40-41-42-43-44-45-47-49-51-53-55-57-64(67)73-62(61-72-74(68,69)71-59-58-65(3,4)5)60-70-63(66)56-54-52-50-48-46-17-15-13-11-9-7-2/h8,10,13-16,19-20,22-23,25-26,28-29,31-32,34-35,37-38,40-41,43-44,62H,6-7,9,11-12,17-18,21,24,27,30,33,36,39,42,45-61H2,1-5H3/p+1/b10-8-,15-13-,16-14-,20-19-,23-22-,26-25-,29-28-,32-31-,35-34-,38-37-,41-40-,44-43-. The van der Waals surface area contributed by atoms with Gasteiger partial charge in [-0.2, -0.15) is 0 Å². The Morgan fingerprint density at radius 2 is 0.770 bits per heavy atom. The van der Waals surface area contributed by atoms with Gasteiger partial charge in [-0.1, -0.05) is 211 Å². The lowest BCUT2D eigenvalue weighted by Gasteiger charge is -2.24. The van der Waals surface area contributed by atoms with E-state index < -0.39 is 32.5 Å². The molecule has 0 fully saturated rings. The van der Waals surface area contributed by atoms with E-state index in [1.165, 1.54) is 12.8 Å². The quantitative estimate of drug-likeness (QED) is 0.0211. The van der Waals surface area contributed by atoms with Crippen molar-refractivity contribution in [1.29, 1.82) is 0 Å². The molecule has 0 aromatic rings. The van der Waals surface area contributed by atoms with E-state index in [9.17, 15) is 19.0 Å². The molecule has 0 aliphatic heterocycles. The molecule has 2 unspecified atom stereocenters. The third-order valence-corrected chi connectivity index (χ3v) is 12.3. The smallest absolute Gasteiger partial charge is 0.462 e. The number of unbranched alkanes of at least 4 members (excludes halogenated alkanes) is 12. The van der Waals surface area contributed by atoms with Gasteiger partial charge in [-0.15, -0.1) is 0 Å². The largest absolute Gasteiger partial charge is 0.472 e. The molecule has 74 heavy (non-hydrogen) atoms. The number of phosphoric ester groups is 1. The molecule has 9 nitrogen and oxygen atoms in total. The molecule has 0 aromatic carbocycles. The van der Waals surface area contributed by atoms with Gasteiger partial charge in [0.1, 0.15) is 19.8 Å². The highest BCUT2D eigenvalue weighted by Gasteiger charge is 2.27. The predicted molar refractivity (Wildman–Crippen MR) is 316 cm³/mol. The van der Waals surface area contributed by atoms with Crippen LogP contribution in [0.15, 0.2) is 146 Å². The van der Waals surface area contributed by atoms with Crippen LogP contribution in [-0.4, -0.2) is 74.9 Å². The van der Waals surface area contributed by atoms with Crippen molar-refractivity contribution in [2.75, 3.05) is 47.5 Å². The number of hydrogen-bond acceptors (Lipinski definition) is 7. The summed E-state index contributed by atoms with van der Waals surface area (Å²) in [6.07, 6.45) is 79.3. The second-order valence-electron chi connectivity index (χ2n) is 19.6. The molecule has 0 radical (unpaired) electrons. The lowest BCUT2D eigenvalue weighted by molar-refractivity contribution is -0.870. The Morgan fingerprint density at radius 3 is 1.16 bits per heavy atom. The van der Waals surface area contributed by atoms with E-state index in [0.29, 0.717) is 17.4 Å². The Labute approximate surface area is 453 Å². The van der Waals surface area contributed by atoms with Gasteiger partial charge in [-0.25, -0.2) is 4.57 Å². The van der Waals surface area contributed by atoms with Crippen molar-refractivity contribution in [3.05, 3.63) is 146 Å². The monoisotopic (exact) mass is 1050 g/mol. The summed E-state index contributed by atoms with van der Waals surface area (Å²) in [6, 6.07) is 0. The molecular formula is C64H105NO8P+. The molecular weight excluding hydrogens is 942 g/mol. The number of carbonyl (C=O) groups is 2. The van der Waals surface area contributed by atoms with Gasteiger partial charge in [0.05, 0.1) is 27.7 Å². The van der Waals surface area contributed by atoms with E-state index in [1.54, 1.807) is 0 Å². The van der Waals surface area contributed by atoms with Crippen LogP contribution in [0, 0.1) is 0 Å². The van der Waals surface area contributed by atoms with Gasteiger partial charge in [0.2, 0.25) is 0 Å². The van der Waals surface area contributed by atoms with Crippen molar-refractivity contribution >= 4 is 19.8 Å². The SMILES string of the molecule is CC/C=C\C/C=C\C/C=C\C/C=C\C/C=C\C/C=C\C/C=C\C/C=C\C/C=C\C/C=C\C/C=C\CCCCCCCC(=O)OC(COC(=O)CCCCCCC/C=C\CCCC)COP(=O)(O)OCC[N+](C)(C)C. The van der Waals surface area contributed by atoms with Crippen LogP contribution in [-0.2, 0) is 32.7 Å². The summed E-state index contributed by atoms with van der Waals surface area (Å²) in [5.41, 5.74) is 0. The molecule has 0 aromatic heterocycles. The molecule has 0 bridgehead atoms. The molecule has 1 N–H and O–H groups in total. The number of rotatable bonds is 50. The van der Waals surface area contributed by atoms with E-state index in [-0.39, 0.29) is 26.1 Å². The van der Waals surface area contributed by atoms with Gasteiger partial charge < -0.3 is 18.9 Å². The molecule has 0 spiro atoms. The van der Waals surface area contributed by atoms with Gasteiger partial charge in [0.15, 0.2) is 6.10 Å². The Balaban J connectivity index is 4.17. The van der Waals surface area contributed by atoms with E-state index >= 15 is 0 Å². The minimum absolute atomic E-state index is 0.0187. The summed E-state index contributed by atoms with van der Waals surface area (Å²) in [5.74, 6) is -0.845. The lowest BCUT2D eigenvalue weighted by Crippen LogP contribution is -2.37. The maximum absolute atomic E-state index is 12.8. The Morgan fingerprint density at radius 1 is 0.432 bits per heavy atom. The number of ether oxygens (including phenoxy) is 2. The topological polar surface area (TPSA) is 108 Å². The molecule has 0 saturated heterocycles. The van der Waals surface area contributed by atoms with E-state index in [2.05, 4.69) is 160 Å². The first-order valence-corrected chi connectivity index (χ1v) is 30.1. The van der Waals surface area contributed by atoms with Crippen molar-refractivity contribution < 1.29 is 42.1 Å². The second kappa shape index (κ2) is 53.7. The summed E-state index contributed by atoms with van der Waals surface area (Å²) in [5, 5.41) is 0. The first-order chi connectivity index (χ1) is 36.0. The minimum atomic E-state index is -4.40. The summed E-state index contributed by atoms with van der Waals surface area (Å²) in [6.45, 7) is 4.21. The van der Waals surface area contributed by atoms with E-state index in [4.69, 9.17) is 18.5 Å². The number of nitrogens with zero attached hydrogens (tertiary/aromatic N) is 1. The van der Waals surface area contributed by atoms with Crippen LogP contribution in [0.2, 0.25) is 0 Å². The highest BCUT2D eigenvalue weighted by molar-refractivity contribution is 7.47. The number of phosphoric acid groups is 1. The lowest BCUT2D eigenvalue weighted by atomic mass is 10.1. The molecule has 0 heterocycles. The van der Waals surface area contributed by atoms with Crippen LogP contribution >= 0.6 is 7.82 Å². The summed E-state index contributed by atoms with van der Waals surface area (Å²) in [4.78, 5) is 35.5. The number of quaternary nitrogens is 1. The molecule has 0 aliphatic rings. The van der Waals surface area contributed by atoms with Crippen LogP contribution in [0.4, 0.5) is 0 Å². The zero-order valence-corrected chi connectivity index (χ0v) is 48.2. The van der Waals surface area contributed by atoms with Crippen LogP contribution < -0.4 is 0 Å². The molecule has 0 saturated carbocycles. The summed E-state index contributed by atoms with van der Waals surface area (Å²) < 4.78 is 34.4. The van der Waals surface area contributed by atoms with E-state index in [0.717, 1.165) is 148 Å². The molecule has 0 rings (SSSR count). The molecule has 10 heteroatoms. The number of esters is 2. The average molecular weight is 1050 g/mol. The van der Waals surface area contributed by atoms with Crippen LogP contribution in [0.5, 0.6) is 0 Å². The number of allylic oxidation sites excluding steroid dienone is 24. The van der Waals surface area contributed by atoms with Crippen LogP contribution in [0.3, 0.4) is 0 Å². The highest BCUT2D eigenvalue weighted by atomic mass is 31.2. The van der Waals surface area contributed by atoms with Gasteiger partial charge in [-0.3, -0.25) is 18.6 Å². The first-order valence-electron chi connectivity index (χ1n) is 28.6. The number of hydrogen-bond donors (Lipinski definition) is 1.